The fourth-order valence-electron chi connectivity index (χ4n) is 8.14. The predicted molar refractivity (Wildman–Crippen MR) is 226 cm³/mol. The molecule has 5 nitrogen and oxygen atoms in total. The summed E-state index contributed by atoms with van der Waals surface area (Å²) in [6, 6.07) is 65.2. The van der Waals surface area contributed by atoms with Gasteiger partial charge in [0.25, 0.3) is 0 Å². The maximum Gasteiger partial charge on any atom is 0.488 e. The lowest BCUT2D eigenvalue weighted by Crippen LogP contribution is -2.29. The summed E-state index contributed by atoms with van der Waals surface area (Å²) in [7, 11) is -1.46. The zero-order valence-corrected chi connectivity index (χ0v) is 29.3. The number of aromatic nitrogens is 3. The zero-order valence-electron chi connectivity index (χ0n) is 29.3. The van der Waals surface area contributed by atoms with Crippen molar-refractivity contribution < 1.29 is 10.0 Å². The Labute approximate surface area is 311 Å². The number of nitrogens with one attached hydrogen (secondary N) is 1. The van der Waals surface area contributed by atoms with E-state index in [0.717, 1.165) is 27.5 Å². The van der Waals surface area contributed by atoms with Crippen LogP contribution in [0.5, 0.6) is 0 Å². The monoisotopic (exact) mass is 695 g/mol. The molecule has 3 heterocycles. The molecule has 0 bridgehead atoms. The molecule has 54 heavy (non-hydrogen) atoms. The lowest BCUT2D eigenvalue weighted by Gasteiger charge is -2.09. The van der Waals surface area contributed by atoms with E-state index in [1.165, 1.54) is 60.4 Å². The highest BCUT2D eigenvalue weighted by molar-refractivity contribution is 6.59. The number of nitrogens with zero attached hydrogens (tertiary/aromatic N) is 2. The molecular formula is C48H34BN3O2. The molecule has 0 radical (unpaired) electrons. The molecule has 0 fully saturated rings. The van der Waals surface area contributed by atoms with Crippen molar-refractivity contribution in [1.82, 2.24) is 14.1 Å². The molecule has 0 saturated heterocycles. The van der Waals surface area contributed by atoms with Gasteiger partial charge in [-0.1, -0.05) is 121 Å². The lowest BCUT2D eigenvalue weighted by atomic mass is 9.80. The van der Waals surface area contributed by atoms with Crippen LogP contribution in [0.3, 0.4) is 0 Å². The van der Waals surface area contributed by atoms with Crippen LogP contribution in [-0.4, -0.2) is 31.3 Å². The number of H-pyrrole nitrogens is 1. The van der Waals surface area contributed by atoms with Crippen molar-refractivity contribution in [3.05, 3.63) is 188 Å². The van der Waals surface area contributed by atoms with Crippen molar-refractivity contribution >= 4 is 78.0 Å². The van der Waals surface area contributed by atoms with Crippen molar-refractivity contribution in [1.29, 1.82) is 0 Å². The van der Waals surface area contributed by atoms with Crippen LogP contribution in [-0.2, 0) is 0 Å². The highest BCUT2D eigenvalue weighted by Crippen LogP contribution is 2.39. The average molecular weight is 696 g/mol. The molecule has 256 valence electrons. The molecule has 0 aliphatic carbocycles. The van der Waals surface area contributed by atoms with Crippen molar-refractivity contribution in [3.8, 4) is 22.5 Å². The molecule has 3 N–H and O–H groups in total. The number of rotatable bonds is 4. The van der Waals surface area contributed by atoms with Crippen LogP contribution >= 0.6 is 0 Å². The molecule has 0 unspecified atom stereocenters. The minimum absolute atomic E-state index is 0.503. The Morgan fingerprint density at radius 1 is 0.389 bits per heavy atom. The molecule has 8 aromatic carbocycles. The van der Waals surface area contributed by atoms with E-state index in [-0.39, 0.29) is 0 Å². The van der Waals surface area contributed by atoms with Crippen LogP contribution in [0.2, 0.25) is 0 Å². The Morgan fingerprint density at radius 2 is 0.889 bits per heavy atom. The zero-order chi connectivity index (χ0) is 36.2. The molecular weight excluding hydrogens is 661 g/mol. The number of aromatic amines is 1. The van der Waals surface area contributed by atoms with Gasteiger partial charge in [0.05, 0.1) is 22.1 Å². The smallest absolute Gasteiger partial charge is 0.423 e. The maximum absolute atomic E-state index is 9.43. The molecule has 0 atom stereocenters. The van der Waals surface area contributed by atoms with Crippen molar-refractivity contribution in [2.24, 2.45) is 0 Å². The van der Waals surface area contributed by atoms with Gasteiger partial charge in [-0.3, -0.25) is 0 Å². The van der Waals surface area contributed by atoms with E-state index in [0.29, 0.717) is 5.46 Å². The Morgan fingerprint density at radius 3 is 1.52 bits per heavy atom. The van der Waals surface area contributed by atoms with Crippen molar-refractivity contribution in [2.45, 2.75) is 0 Å². The summed E-state index contributed by atoms with van der Waals surface area (Å²) in [6.45, 7) is 0. The molecule has 11 rings (SSSR count). The number of fused-ring (bicyclic) bond motifs is 9. The first-order valence-corrected chi connectivity index (χ1v) is 18.2. The fraction of sp³-hybridized carbons (Fsp3) is 0. The van der Waals surface area contributed by atoms with Gasteiger partial charge in [0.2, 0.25) is 0 Å². The molecule has 0 aliphatic heterocycles. The van der Waals surface area contributed by atoms with E-state index >= 15 is 0 Å². The normalized spacial score (nSPS) is 11.5. The SMILES string of the molecule is OB(O)c1ccc2c(c1)c1ccccc1n2-c1ccccc1.c1ccc(-n2c3ccccc3c3cc(-c4cccc5[nH]c6ccccc6c45)ccc32)cc1. The van der Waals surface area contributed by atoms with Gasteiger partial charge in [-0.15, -0.1) is 0 Å². The van der Waals surface area contributed by atoms with Gasteiger partial charge >= 0.3 is 7.12 Å². The quantitative estimate of drug-likeness (QED) is 0.161. The summed E-state index contributed by atoms with van der Waals surface area (Å²) >= 11 is 0. The highest BCUT2D eigenvalue weighted by Gasteiger charge is 2.17. The molecule has 0 spiro atoms. The summed E-state index contributed by atoms with van der Waals surface area (Å²) in [6.07, 6.45) is 0. The van der Waals surface area contributed by atoms with Gasteiger partial charge in [0.15, 0.2) is 0 Å². The topological polar surface area (TPSA) is 66.1 Å². The second-order valence-corrected chi connectivity index (χ2v) is 13.7. The molecule has 6 heteroatoms. The van der Waals surface area contributed by atoms with Crippen molar-refractivity contribution in [2.75, 3.05) is 0 Å². The van der Waals surface area contributed by atoms with E-state index in [1.54, 1.807) is 6.07 Å². The van der Waals surface area contributed by atoms with E-state index in [1.807, 2.05) is 42.5 Å². The average Bonchev–Trinajstić information content (AvgIpc) is 3.89. The van der Waals surface area contributed by atoms with E-state index < -0.39 is 7.12 Å². The van der Waals surface area contributed by atoms with Gasteiger partial charge < -0.3 is 24.2 Å². The maximum atomic E-state index is 9.43. The van der Waals surface area contributed by atoms with Gasteiger partial charge in [0, 0.05) is 54.7 Å². The summed E-state index contributed by atoms with van der Waals surface area (Å²) in [5.74, 6) is 0. The third-order valence-electron chi connectivity index (χ3n) is 10.5. The predicted octanol–water partition coefficient (Wildman–Crippen LogP) is 10.5. The summed E-state index contributed by atoms with van der Waals surface area (Å²) in [4.78, 5) is 3.58. The molecule has 0 saturated carbocycles. The third-order valence-corrected chi connectivity index (χ3v) is 10.5. The van der Waals surface area contributed by atoms with E-state index in [4.69, 9.17) is 0 Å². The Kier molecular flexibility index (Phi) is 7.65. The molecule has 0 aliphatic rings. The first-order chi connectivity index (χ1) is 26.6. The molecule has 11 aromatic rings. The van der Waals surface area contributed by atoms with Crippen LogP contribution < -0.4 is 5.46 Å². The number of hydrogen-bond acceptors (Lipinski definition) is 2. The second kappa shape index (κ2) is 13.0. The summed E-state index contributed by atoms with van der Waals surface area (Å²) in [5, 5.41) is 26.1. The van der Waals surface area contributed by atoms with Crippen LogP contribution in [0.4, 0.5) is 0 Å². The number of benzene rings is 8. The molecule has 0 amide bonds. The minimum Gasteiger partial charge on any atom is -0.423 e. The van der Waals surface area contributed by atoms with Crippen LogP contribution in [0.25, 0.3) is 87.9 Å². The van der Waals surface area contributed by atoms with E-state index in [2.05, 4.69) is 154 Å². The van der Waals surface area contributed by atoms with Gasteiger partial charge in [-0.2, -0.15) is 0 Å². The first-order valence-electron chi connectivity index (χ1n) is 18.2. The van der Waals surface area contributed by atoms with E-state index in [9.17, 15) is 10.0 Å². The largest absolute Gasteiger partial charge is 0.488 e. The van der Waals surface area contributed by atoms with Crippen molar-refractivity contribution in [3.63, 3.8) is 0 Å². The van der Waals surface area contributed by atoms with Gasteiger partial charge in [0.1, 0.15) is 0 Å². The lowest BCUT2D eigenvalue weighted by molar-refractivity contribution is 0.426. The molecule has 3 aromatic heterocycles. The van der Waals surface area contributed by atoms with Gasteiger partial charge in [-0.25, -0.2) is 0 Å². The summed E-state index contributed by atoms with van der Waals surface area (Å²) in [5.41, 5.74) is 12.3. The number of hydrogen-bond donors (Lipinski definition) is 3. The van der Waals surface area contributed by atoms with Crippen LogP contribution in [0.1, 0.15) is 0 Å². The first kappa shape index (κ1) is 31.8. The van der Waals surface area contributed by atoms with Crippen LogP contribution in [0.15, 0.2) is 188 Å². The third kappa shape index (κ3) is 5.19. The summed E-state index contributed by atoms with van der Waals surface area (Å²) < 4.78 is 4.55. The fourth-order valence-corrected chi connectivity index (χ4v) is 8.14. The number of para-hydroxylation sites is 5. The second-order valence-electron chi connectivity index (χ2n) is 13.7. The minimum atomic E-state index is -1.46. The Balaban J connectivity index is 0.000000144. The Bertz CT molecular complexity index is 3140. The standard InChI is InChI=1S/C30H20N2.C18H14BNO2/c1-2-9-21(10-3-1)32-28-16-7-5-11-23(28)25-19-20(17-18-29(25)32)22-13-8-15-27-30(22)24-12-4-6-14-26(24)31-27;21-19(22)13-10-11-18-16(12-13)15-8-4-5-9-17(15)20(18)14-6-2-1-3-7-14/h1-19,31H;1-12,21-22H. The Hall–Kier alpha value is -6.86. The highest BCUT2D eigenvalue weighted by atomic mass is 16.4. The van der Waals surface area contributed by atoms with Crippen LogP contribution in [0, 0.1) is 0 Å². The van der Waals surface area contributed by atoms with Gasteiger partial charge in [-0.05, 0) is 83.3 Å².